The summed E-state index contributed by atoms with van der Waals surface area (Å²) in [6.45, 7) is 1.90. The van der Waals surface area contributed by atoms with Crippen LogP contribution in [-0.2, 0) is 4.74 Å². The molecule has 0 spiro atoms. The van der Waals surface area contributed by atoms with E-state index in [9.17, 15) is 4.79 Å². The van der Waals surface area contributed by atoms with Crippen LogP contribution in [0.3, 0.4) is 0 Å². The topological polar surface area (TPSA) is 47.6 Å². The third kappa shape index (κ3) is 2.86. The largest absolute Gasteiger partial charge is 0.496 e. The average molecular weight is 300 g/mol. The number of nitrogens with one attached hydrogen (secondary N) is 1. The Kier molecular flexibility index (Phi) is 4.15. The molecule has 1 saturated heterocycles. The third-order valence-corrected chi connectivity index (χ3v) is 3.14. The van der Waals surface area contributed by atoms with Crippen molar-refractivity contribution in [2.75, 3.05) is 26.8 Å². The molecule has 0 aliphatic carbocycles. The van der Waals surface area contributed by atoms with Gasteiger partial charge in [-0.05, 0) is 18.2 Å². The van der Waals surface area contributed by atoms with Crippen LogP contribution < -0.4 is 10.1 Å². The Morgan fingerprint density at radius 2 is 2.41 bits per heavy atom. The Bertz CT molecular complexity index is 416. The molecule has 1 fully saturated rings. The summed E-state index contributed by atoms with van der Waals surface area (Å²) in [6.07, 6.45) is -0.424. The highest BCUT2D eigenvalue weighted by molar-refractivity contribution is 9.10. The summed E-state index contributed by atoms with van der Waals surface area (Å²) >= 11 is 3.35. The van der Waals surface area contributed by atoms with Crippen molar-refractivity contribution < 1.29 is 14.3 Å². The molecule has 5 heteroatoms. The molecule has 1 N–H and O–H groups in total. The maximum Gasteiger partial charge on any atom is 0.196 e. The number of ether oxygens (including phenoxy) is 2. The number of hydrogen-bond acceptors (Lipinski definition) is 4. The summed E-state index contributed by atoms with van der Waals surface area (Å²) in [5.74, 6) is 0.530. The molecule has 1 atom stereocenters. The number of ketones is 1. The van der Waals surface area contributed by atoms with Crippen LogP contribution in [-0.4, -0.2) is 38.7 Å². The zero-order chi connectivity index (χ0) is 12.3. The van der Waals surface area contributed by atoms with Gasteiger partial charge in [-0.1, -0.05) is 15.9 Å². The van der Waals surface area contributed by atoms with Gasteiger partial charge in [-0.2, -0.15) is 0 Å². The minimum atomic E-state index is -0.424. The molecule has 1 aromatic carbocycles. The van der Waals surface area contributed by atoms with Crippen molar-refractivity contribution in [1.29, 1.82) is 0 Å². The van der Waals surface area contributed by atoms with Crippen LogP contribution in [0.1, 0.15) is 10.4 Å². The third-order valence-electron chi connectivity index (χ3n) is 2.65. The molecule has 4 nitrogen and oxygen atoms in total. The molecule has 1 heterocycles. The van der Waals surface area contributed by atoms with E-state index >= 15 is 0 Å². The quantitative estimate of drug-likeness (QED) is 0.862. The van der Waals surface area contributed by atoms with Crippen molar-refractivity contribution in [2.45, 2.75) is 6.10 Å². The van der Waals surface area contributed by atoms with Crippen molar-refractivity contribution in [3.8, 4) is 5.75 Å². The number of benzene rings is 1. The summed E-state index contributed by atoms with van der Waals surface area (Å²) in [6, 6.07) is 5.38. The van der Waals surface area contributed by atoms with Crippen LogP contribution >= 0.6 is 15.9 Å². The fourth-order valence-electron chi connectivity index (χ4n) is 1.78. The Morgan fingerprint density at radius 3 is 3.06 bits per heavy atom. The van der Waals surface area contributed by atoms with Crippen molar-refractivity contribution in [1.82, 2.24) is 5.32 Å². The zero-order valence-corrected chi connectivity index (χ0v) is 11.1. The van der Waals surface area contributed by atoms with Crippen LogP contribution in [0.25, 0.3) is 0 Å². The van der Waals surface area contributed by atoms with Gasteiger partial charge in [0.1, 0.15) is 11.9 Å². The molecule has 0 saturated carbocycles. The van der Waals surface area contributed by atoms with Crippen LogP contribution in [0.4, 0.5) is 0 Å². The number of morpholine rings is 1. The standard InChI is InChI=1S/C12H14BrNO3/c1-16-10-3-2-8(13)6-9(10)12(15)11-7-14-4-5-17-11/h2-3,6,11,14H,4-5,7H2,1H3. The van der Waals surface area contributed by atoms with E-state index in [0.29, 0.717) is 24.5 Å². The molecular weight excluding hydrogens is 286 g/mol. The first-order valence-electron chi connectivity index (χ1n) is 5.42. The molecule has 0 radical (unpaired) electrons. The summed E-state index contributed by atoms with van der Waals surface area (Å²) in [5.41, 5.74) is 0.551. The van der Waals surface area contributed by atoms with Crippen molar-refractivity contribution >= 4 is 21.7 Å². The number of methoxy groups -OCH3 is 1. The Labute approximate surface area is 108 Å². The predicted molar refractivity (Wildman–Crippen MR) is 67.6 cm³/mol. The highest BCUT2D eigenvalue weighted by Crippen LogP contribution is 2.25. The van der Waals surface area contributed by atoms with E-state index in [2.05, 4.69) is 21.2 Å². The van der Waals surface area contributed by atoms with Gasteiger partial charge in [0.15, 0.2) is 5.78 Å². The molecule has 2 rings (SSSR count). The van der Waals surface area contributed by atoms with Gasteiger partial charge in [-0.25, -0.2) is 0 Å². The number of rotatable bonds is 3. The smallest absolute Gasteiger partial charge is 0.196 e. The molecule has 92 valence electrons. The minimum absolute atomic E-state index is 0.0460. The number of carbonyl (C=O) groups excluding carboxylic acids is 1. The molecule has 1 aromatic rings. The Balaban J connectivity index is 2.25. The second-order valence-electron chi connectivity index (χ2n) is 3.77. The monoisotopic (exact) mass is 299 g/mol. The maximum atomic E-state index is 12.3. The SMILES string of the molecule is COc1ccc(Br)cc1C(=O)C1CNCCO1. The highest BCUT2D eigenvalue weighted by atomic mass is 79.9. The molecular formula is C12H14BrNO3. The lowest BCUT2D eigenvalue weighted by Crippen LogP contribution is -2.43. The van der Waals surface area contributed by atoms with Crippen molar-refractivity contribution in [2.24, 2.45) is 0 Å². The molecule has 17 heavy (non-hydrogen) atoms. The molecule has 0 amide bonds. The van der Waals surface area contributed by atoms with E-state index in [1.165, 1.54) is 0 Å². The van der Waals surface area contributed by atoms with E-state index in [4.69, 9.17) is 9.47 Å². The predicted octanol–water partition coefficient (Wildman–Crippen LogP) is 1.63. The first kappa shape index (κ1) is 12.5. The first-order chi connectivity index (χ1) is 8.22. The molecule has 0 bridgehead atoms. The van der Waals surface area contributed by atoms with E-state index in [1.54, 1.807) is 19.2 Å². The summed E-state index contributed by atoms with van der Waals surface area (Å²) < 4.78 is 11.5. The zero-order valence-electron chi connectivity index (χ0n) is 9.53. The van der Waals surface area contributed by atoms with Gasteiger partial charge in [0.2, 0.25) is 0 Å². The fourth-order valence-corrected chi connectivity index (χ4v) is 2.14. The molecule has 1 aliphatic rings. The van der Waals surface area contributed by atoms with Gasteiger partial charge >= 0.3 is 0 Å². The van der Waals surface area contributed by atoms with Gasteiger partial charge in [0.05, 0.1) is 19.3 Å². The van der Waals surface area contributed by atoms with Crippen LogP contribution in [0.15, 0.2) is 22.7 Å². The Morgan fingerprint density at radius 1 is 1.59 bits per heavy atom. The van der Waals surface area contributed by atoms with Gasteiger partial charge in [-0.15, -0.1) is 0 Å². The lowest BCUT2D eigenvalue weighted by molar-refractivity contribution is 0.0267. The van der Waals surface area contributed by atoms with Gasteiger partial charge < -0.3 is 14.8 Å². The average Bonchev–Trinajstić information content (AvgIpc) is 2.39. The number of carbonyl (C=O) groups is 1. The first-order valence-corrected chi connectivity index (χ1v) is 6.21. The van der Waals surface area contributed by atoms with Crippen LogP contribution in [0.2, 0.25) is 0 Å². The van der Waals surface area contributed by atoms with Crippen LogP contribution in [0.5, 0.6) is 5.75 Å². The van der Waals surface area contributed by atoms with E-state index in [-0.39, 0.29) is 5.78 Å². The summed E-state index contributed by atoms with van der Waals surface area (Å²) in [4.78, 5) is 12.3. The Hall–Kier alpha value is -0.910. The van der Waals surface area contributed by atoms with Crippen molar-refractivity contribution in [3.05, 3.63) is 28.2 Å². The van der Waals surface area contributed by atoms with E-state index in [0.717, 1.165) is 11.0 Å². The number of Topliss-reactive ketones (excluding diaryl/α,β-unsaturated/α-hetero) is 1. The maximum absolute atomic E-state index is 12.3. The normalized spacial score (nSPS) is 20.0. The second-order valence-corrected chi connectivity index (χ2v) is 4.69. The molecule has 1 aliphatic heterocycles. The minimum Gasteiger partial charge on any atom is -0.496 e. The summed E-state index contributed by atoms with van der Waals surface area (Å²) in [7, 11) is 1.56. The number of hydrogen-bond donors (Lipinski definition) is 1. The van der Waals surface area contributed by atoms with E-state index in [1.807, 2.05) is 6.07 Å². The summed E-state index contributed by atoms with van der Waals surface area (Å²) in [5, 5.41) is 3.14. The lowest BCUT2D eigenvalue weighted by Gasteiger charge is -2.23. The lowest BCUT2D eigenvalue weighted by atomic mass is 10.0. The molecule has 0 aromatic heterocycles. The molecule has 1 unspecified atom stereocenters. The van der Waals surface area contributed by atoms with Crippen LogP contribution in [0, 0.1) is 0 Å². The second kappa shape index (κ2) is 5.62. The highest BCUT2D eigenvalue weighted by Gasteiger charge is 2.25. The fraction of sp³-hybridized carbons (Fsp3) is 0.417. The van der Waals surface area contributed by atoms with Gasteiger partial charge in [-0.3, -0.25) is 4.79 Å². The van der Waals surface area contributed by atoms with E-state index < -0.39 is 6.10 Å². The van der Waals surface area contributed by atoms with Gasteiger partial charge in [0.25, 0.3) is 0 Å². The van der Waals surface area contributed by atoms with Gasteiger partial charge in [0, 0.05) is 17.6 Å². The number of halogens is 1. The van der Waals surface area contributed by atoms with Crippen molar-refractivity contribution in [3.63, 3.8) is 0 Å².